The van der Waals surface area contributed by atoms with Crippen molar-refractivity contribution < 1.29 is 13.2 Å². The molecule has 0 aliphatic heterocycles. The Kier molecular flexibility index (Phi) is 8.56. The first-order valence-electron chi connectivity index (χ1n) is 7.34. The number of rotatable bonds is 5. The van der Waals surface area contributed by atoms with E-state index in [0.717, 1.165) is 28.0 Å². The molecule has 0 spiro atoms. The second kappa shape index (κ2) is 9.90. The van der Waals surface area contributed by atoms with E-state index in [1.54, 1.807) is 6.20 Å². The molecule has 0 fully saturated rings. The van der Waals surface area contributed by atoms with Crippen molar-refractivity contribution in [3.8, 4) is 0 Å². The van der Waals surface area contributed by atoms with E-state index in [2.05, 4.69) is 25.6 Å². The average molecular weight is 485 g/mol. The number of aryl methyl sites for hydroxylation is 1. The normalized spacial score (nSPS) is 11.8. The van der Waals surface area contributed by atoms with E-state index in [9.17, 15) is 13.2 Å². The fourth-order valence-electron chi connectivity index (χ4n) is 1.86. The number of aromatic nitrogens is 2. The van der Waals surface area contributed by atoms with Crippen LogP contribution in [0.1, 0.15) is 28.9 Å². The molecule has 0 atom stereocenters. The van der Waals surface area contributed by atoms with Gasteiger partial charge in [0.25, 0.3) is 0 Å². The number of hydrogen-bond acceptors (Lipinski definition) is 4. The zero-order valence-corrected chi connectivity index (χ0v) is 16.9. The quantitative estimate of drug-likeness (QED) is 0.385. The highest BCUT2D eigenvalue weighted by molar-refractivity contribution is 14.0. The number of nitrogens with one attached hydrogen (secondary N) is 2. The van der Waals surface area contributed by atoms with Gasteiger partial charge in [0, 0.05) is 18.1 Å². The lowest BCUT2D eigenvalue weighted by molar-refractivity contribution is -0.140. The molecule has 0 aliphatic rings. The number of nitrogens with zero attached hydrogens (tertiary/aromatic N) is 3. The summed E-state index contributed by atoms with van der Waals surface area (Å²) in [6.07, 6.45) is -2.71. The number of alkyl halides is 3. The van der Waals surface area contributed by atoms with Crippen molar-refractivity contribution in [3.63, 3.8) is 0 Å². The monoisotopic (exact) mass is 485 g/mol. The summed E-state index contributed by atoms with van der Waals surface area (Å²) < 4.78 is 37.6. The van der Waals surface area contributed by atoms with Crippen LogP contribution in [0.5, 0.6) is 0 Å². The summed E-state index contributed by atoms with van der Waals surface area (Å²) in [5, 5.41) is 7.39. The van der Waals surface area contributed by atoms with Crippen molar-refractivity contribution in [1.82, 2.24) is 20.6 Å². The molecule has 25 heavy (non-hydrogen) atoms. The summed E-state index contributed by atoms with van der Waals surface area (Å²) in [4.78, 5) is 12.2. The summed E-state index contributed by atoms with van der Waals surface area (Å²) in [5.74, 6) is 0.506. The van der Waals surface area contributed by atoms with Crippen molar-refractivity contribution in [2.24, 2.45) is 4.99 Å². The third kappa shape index (κ3) is 6.77. The molecule has 0 aliphatic carbocycles. The average Bonchev–Trinajstić information content (AvgIpc) is 3.00. The number of halogens is 4. The van der Waals surface area contributed by atoms with Crippen LogP contribution in [0.2, 0.25) is 0 Å². The third-order valence-corrected chi connectivity index (χ3v) is 3.95. The van der Waals surface area contributed by atoms with Crippen molar-refractivity contribution in [3.05, 3.63) is 45.7 Å². The molecular weight excluding hydrogens is 466 g/mol. The lowest BCUT2D eigenvalue weighted by atomic mass is 10.2. The van der Waals surface area contributed by atoms with Crippen molar-refractivity contribution in [2.75, 3.05) is 6.54 Å². The summed E-state index contributed by atoms with van der Waals surface area (Å²) in [7, 11) is 0. The Morgan fingerprint density at radius 3 is 2.68 bits per heavy atom. The first kappa shape index (κ1) is 21.6. The van der Waals surface area contributed by atoms with Gasteiger partial charge in [-0.05, 0) is 25.5 Å². The van der Waals surface area contributed by atoms with Crippen LogP contribution in [0.15, 0.2) is 28.7 Å². The summed E-state index contributed by atoms with van der Waals surface area (Å²) in [6, 6.07) is 3.80. The van der Waals surface area contributed by atoms with Crippen LogP contribution in [0.25, 0.3) is 0 Å². The summed E-state index contributed by atoms with van der Waals surface area (Å²) >= 11 is 0.965. The highest BCUT2D eigenvalue weighted by Gasteiger charge is 2.33. The minimum Gasteiger partial charge on any atom is -0.357 e. The Hall–Kier alpha value is -1.43. The van der Waals surface area contributed by atoms with Crippen LogP contribution in [0.4, 0.5) is 13.2 Å². The molecule has 5 nitrogen and oxygen atoms in total. The molecule has 138 valence electrons. The van der Waals surface area contributed by atoms with Crippen molar-refractivity contribution in [1.29, 1.82) is 0 Å². The van der Waals surface area contributed by atoms with Gasteiger partial charge in [0.2, 0.25) is 0 Å². The molecular formula is C15H19F3IN5S. The minimum atomic E-state index is -4.41. The van der Waals surface area contributed by atoms with Gasteiger partial charge in [-0.25, -0.2) is 9.98 Å². The first-order valence-corrected chi connectivity index (χ1v) is 8.22. The molecule has 0 unspecified atom stereocenters. The van der Waals surface area contributed by atoms with Crippen molar-refractivity contribution in [2.45, 2.75) is 33.1 Å². The molecule has 2 rings (SSSR count). The largest absolute Gasteiger partial charge is 0.434 e. The molecule has 10 heteroatoms. The van der Waals surface area contributed by atoms with E-state index in [-0.39, 0.29) is 30.5 Å². The van der Waals surface area contributed by atoms with Crippen LogP contribution >= 0.6 is 35.3 Å². The number of thiazole rings is 1. The minimum absolute atomic E-state index is 0. The van der Waals surface area contributed by atoms with Crippen LogP contribution in [0, 0.1) is 6.92 Å². The third-order valence-electron chi connectivity index (χ3n) is 3.10. The smallest absolute Gasteiger partial charge is 0.357 e. The van der Waals surface area contributed by atoms with E-state index in [1.165, 1.54) is 0 Å². The standard InChI is InChI=1S/C15H18F3N5S.HI/c1-3-19-14(21-7-11-10(2)5-4-6-20-11)22-8-13-23-12(9-24-13)15(16,17)18;/h4-6,9H,3,7-8H2,1-2H3,(H2,19,21,22);1H. The Bertz CT molecular complexity index is 702. The molecule has 2 aromatic heterocycles. The van der Waals surface area contributed by atoms with Gasteiger partial charge in [-0.2, -0.15) is 13.2 Å². The fraction of sp³-hybridized carbons (Fsp3) is 0.400. The van der Waals surface area contributed by atoms with Crippen LogP contribution in [-0.2, 0) is 19.3 Å². The molecule has 2 aromatic rings. The zero-order chi connectivity index (χ0) is 17.6. The second-order valence-electron chi connectivity index (χ2n) is 4.94. The van der Waals surface area contributed by atoms with Gasteiger partial charge in [-0.3, -0.25) is 4.98 Å². The van der Waals surface area contributed by atoms with Gasteiger partial charge < -0.3 is 10.6 Å². The fourth-order valence-corrected chi connectivity index (χ4v) is 2.60. The van der Waals surface area contributed by atoms with E-state index in [1.807, 2.05) is 26.0 Å². The Balaban J connectivity index is 0.00000312. The van der Waals surface area contributed by atoms with Gasteiger partial charge in [0.05, 0.1) is 18.8 Å². The molecule has 0 saturated carbocycles. The van der Waals surface area contributed by atoms with E-state index >= 15 is 0 Å². The predicted molar refractivity (Wildman–Crippen MR) is 103 cm³/mol. The topological polar surface area (TPSA) is 62.2 Å². The van der Waals surface area contributed by atoms with Gasteiger partial charge in [0.1, 0.15) is 5.01 Å². The molecule has 0 bridgehead atoms. The molecule has 0 aromatic carbocycles. The molecule has 2 heterocycles. The Labute approximate surface area is 165 Å². The van der Waals surface area contributed by atoms with Gasteiger partial charge >= 0.3 is 6.18 Å². The molecule has 0 radical (unpaired) electrons. The SMILES string of the molecule is CCNC(=NCc1ncccc1C)NCc1nc(C(F)(F)F)cs1.I. The van der Waals surface area contributed by atoms with E-state index in [4.69, 9.17) is 0 Å². The van der Waals surface area contributed by atoms with Crippen LogP contribution < -0.4 is 10.6 Å². The highest BCUT2D eigenvalue weighted by Crippen LogP contribution is 2.29. The van der Waals surface area contributed by atoms with Gasteiger partial charge in [-0.15, -0.1) is 35.3 Å². The van der Waals surface area contributed by atoms with E-state index in [0.29, 0.717) is 24.1 Å². The molecule has 0 amide bonds. The van der Waals surface area contributed by atoms with Crippen LogP contribution in [-0.4, -0.2) is 22.5 Å². The number of guanidine groups is 1. The number of aliphatic imine (C=N–C) groups is 1. The Morgan fingerprint density at radius 1 is 1.32 bits per heavy atom. The van der Waals surface area contributed by atoms with Gasteiger partial charge in [0.15, 0.2) is 11.7 Å². The molecule has 2 N–H and O–H groups in total. The maximum atomic E-state index is 12.5. The highest BCUT2D eigenvalue weighted by atomic mass is 127. The Morgan fingerprint density at radius 2 is 2.08 bits per heavy atom. The van der Waals surface area contributed by atoms with E-state index < -0.39 is 11.9 Å². The first-order chi connectivity index (χ1) is 11.4. The summed E-state index contributed by atoms with van der Waals surface area (Å²) in [5.41, 5.74) is 1.02. The lowest BCUT2D eigenvalue weighted by Crippen LogP contribution is -2.36. The number of pyridine rings is 1. The number of hydrogen-bond donors (Lipinski definition) is 2. The van der Waals surface area contributed by atoms with Crippen LogP contribution in [0.3, 0.4) is 0 Å². The zero-order valence-electron chi connectivity index (χ0n) is 13.7. The maximum absolute atomic E-state index is 12.5. The van der Waals surface area contributed by atoms with Crippen molar-refractivity contribution >= 4 is 41.3 Å². The predicted octanol–water partition coefficient (Wildman–Crippen LogP) is 3.74. The maximum Gasteiger partial charge on any atom is 0.434 e. The van der Waals surface area contributed by atoms with Gasteiger partial charge in [-0.1, -0.05) is 6.07 Å². The molecule has 0 saturated heterocycles. The summed E-state index contributed by atoms with van der Waals surface area (Å²) in [6.45, 7) is 5.06. The lowest BCUT2D eigenvalue weighted by Gasteiger charge is -2.10. The second-order valence-corrected chi connectivity index (χ2v) is 5.88.